The molecule has 1 aromatic heterocycles. The number of nitrogens with zero attached hydrogens (tertiary/aromatic N) is 2. The molecule has 5 nitrogen and oxygen atoms in total. The monoisotopic (exact) mass is 167 g/mol. The summed E-state index contributed by atoms with van der Waals surface area (Å²) in [5.41, 5.74) is 0.604. The Labute approximate surface area is 58.7 Å². The van der Waals surface area contributed by atoms with Crippen LogP contribution in [0.3, 0.4) is 0 Å². The molecule has 0 bridgehead atoms. The summed E-state index contributed by atoms with van der Waals surface area (Å²) in [5, 5.41) is 7.76. The van der Waals surface area contributed by atoms with Gasteiger partial charge in [0.15, 0.2) is 5.82 Å². The zero-order chi connectivity index (χ0) is 8.48. The molecule has 1 heterocycles. The summed E-state index contributed by atoms with van der Waals surface area (Å²) < 4.78 is 35.6. The lowest BCUT2D eigenvalue weighted by molar-refractivity contribution is -0.140. The fourth-order valence-electron chi connectivity index (χ4n) is 0.529. The molecule has 0 saturated heterocycles. The second-order valence-electron chi connectivity index (χ2n) is 1.66. The van der Waals surface area contributed by atoms with Crippen LogP contribution in [-0.4, -0.2) is 15.4 Å². The molecule has 0 amide bonds. The summed E-state index contributed by atoms with van der Waals surface area (Å²) in [6.45, 7) is 0. The Morgan fingerprint density at radius 1 is 1.36 bits per heavy atom. The van der Waals surface area contributed by atoms with E-state index < -0.39 is 17.7 Å². The van der Waals surface area contributed by atoms with Gasteiger partial charge in [-0.15, -0.1) is 10.2 Å². The number of H-pyrrole nitrogens is 1. The first-order valence-electron chi connectivity index (χ1n) is 2.50. The van der Waals surface area contributed by atoms with Gasteiger partial charge in [0.05, 0.1) is 0 Å². The van der Waals surface area contributed by atoms with Crippen molar-refractivity contribution < 1.29 is 13.2 Å². The van der Waals surface area contributed by atoms with Crippen molar-refractivity contribution in [1.82, 2.24) is 15.4 Å². The zero-order valence-corrected chi connectivity index (χ0v) is 5.11. The molecule has 11 heavy (non-hydrogen) atoms. The van der Waals surface area contributed by atoms with Gasteiger partial charge in [0, 0.05) is 0 Å². The van der Waals surface area contributed by atoms with Crippen LogP contribution in [0, 0.1) is 0 Å². The average Bonchev–Trinajstić information content (AvgIpc) is 2.31. The highest BCUT2D eigenvalue weighted by atomic mass is 19.4. The van der Waals surface area contributed by atoms with Crippen LogP contribution in [0.5, 0.6) is 0 Å². The van der Waals surface area contributed by atoms with E-state index >= 15 is 0 Å². The van der Waals surface area contributed by atoms with Crippen molar-refractivity contribution in [2.24, 2.45) is 5.84 Å². The first kappa shape index (κ1) is 7.79. The number of hydrogen-bond acceptors (Lipinski definition) is 4. The number of halogens is 3. The Bertz CT molecular complexity index is 239. The molecule has 62 valence electrons. The van der Waals surface area contributed by atoms with Crippen LogP contribution in [0.25, 0.3) is 0 Å². The molecule has 0 radical (unpaired) electrons. The highest BCUT2D eigenvalue weighted by molar-refractivity contribution is 5.38. The van der Waals surface area contributed by atoms with E-state index in [1.807, 2.05) is 0 Å². The van der Waals surface area contributed by atoms with Gasteiger partial charge >= 0.3 is 6.18 Å². The predicted octanol–water partition coefficient (Wildman–Crippen LogP) is 0.109. The van der Waals surface area contributed by atoms with Gasteiger partial charge < -0.3 is 5.43 Å². The summed E-state index contributed by atoms with van der Waals surface area (Å²) in [5.74, 6) is 4.20. The van der Waals surface area contributed by atoms with E-state index in [9.17, 15) is 13.2 Å². The van der Waals surface area contributed by atoms with Gasteiger partial charge in [-0.1, -0.05) is 0 Å². The number of rotatable bonds is 1. The SMILES string of the molecule is NNc1n[nH]nc1C(F)(F)F. The van der Waals surface area contributed by atoms with Gasteiger partial charge in [0.1, 0.15) is 0 Å². The molecular weight excluding hydrogens is 163 g/mol. The number of nitrogens with one attached hydrogen (secondary N) is 2. The van der Waals surface area contributed by atoms with Gasteiger partial charge in [0.2, 0.25) is 5.69 Å². The fraction of sp³-hybridized carbons (Fsp3) is 0.333. The Morgan fingerprint density at radius 2 is 2.00 bits per heavy atom. The number of nitrogens with two attached hydrogens (primary N) is 1. The first-order valence-corrected chi connectivity index (χ1v) is 2.50. The lowest BCUT2D eigenvalue weighted by atomic mass is 10.4. The van der Waals surface area contributed by atoms with Crippen molar-refractivity contribution >= 4 is 5.82 Å². The van der Waals surface area contributed by atoms with E-state index in [-0.39, 0.29) is 0 Å². The van der Waals surface area contributed by atoms with Gasteiger partial charge in [-0.25, -0.2) is 5.84 Å². The smallest absolute Gasteiger partial charge is 0.305 e. The Morgan fingerprint density at radius 3 is 2.36 bits per heavy atom. The molecule has 0 aromatic carbocycles. The lowest BCUT2D eigenvalue weighted by Gasteiger charge is -2.02. The number of nitrogen functional groups attached to an aromatic ring is 1. The zero-order valence-electron chi connectivity index (χ0n) is 5.11. The molecule has 1 rings (SSSR count). The minimum absolute atomic E-state index is 0.516. The van der Waals surface area contributed by atoms with Gasteiger partial charge in [-0.2, -0.15) is 18.4 Å². The third-order valence-corrected chi connectivity index (χ3v) is 0.953. The molecule has 0 spiro atoms. The van der Waals surface area contributed by atoms with Crippen molar-refractivity contribution in [1.29, 1.82) is 0 Å². The lowest BCUT2D eigenvalue weighted by Crippen LogP contribution is -2.14. The number of alkyl halides is 3. The predicted molar refractivity (Wildman–Crippen MR) is 29.2 cm³/mol. The minimum Gasteiger partial charge on any atom is -0.305 e. The summed E-state index contributed by atoms with van der Waals surface area (Å²) in [4.78, 5) is 0. The van der Waals surface area contributed by atoms with Crippen LogP contribution in [0.4, 0.5) is 19.0 Å². The minimum atomic E-state index is -4.53. The van der Waals surface area contributed by atoms with Crippen LogP contribution in [0.15, 0.2) is 0 Å². The molecule has 0 atom stereocenters. The summed E-state index contributed by atoms with van der Waals surface area (Å²) in [7, 11) is 0. The van der Waals surface area contributed by atoms with Crippen molar-refractivity contribution in [2.45, 2.75) is 6.18 Å². The maximum atomic E-state index is 11.9. The quantitative estimate of drug-likeness (QED) is 0.409. The second kappa shape index (κ2) is 2.38. The van der Waals surface area contributed by atoms with Crippen molar-refractivity contribution in [3.05, 3.63) is 5.69 Å². The molecule has 0 aliphatic heterocycles. The number of hydrazine groups is 1. The van der Waals surface area contributed by atoms with Crippen LogP contribution in [-0.2, 0) is 6.18 Å². The first-order chi connectivity index (χ1) is 5.05. The average molecular weight is 167 g/mol. The van der Waals surface area contributed by atoms with E-state index in [2.05, 4.69) is 10.2 Å². The van der Waals surface area contributed by atoms with Crippen LogP contribution < -0.4 is 11.3 Å². The third-order valence-electron chi connectivity index (χ3n) is 0.953. The maximum absolute atomic E-state index is 11.9. The van der Waals surface area contributed by atoms with E-state index in [1.165, 1.54) is 0 Å². The Hall–Kier alpha value is -1.31. The van der Waals surface area contributed by atoms with Crippen LogP contribution >= 0.6 is 0 Å². The highest BCUT2D eigenvalue weighted by Crippen LogP contribution is 2.30. The number of aromatic nitrogens is 3. The molecule has 8 heteroatoms. The van der Waals surface area contributed by atoms with Crippen molar-refractivity contribution in [2.75, 3.05) is 5.43 Å². The largest absolute Gasteiger partial charge is 0.438 e. The third kappa shape index (κ3) is 1.40. The number of hydrogen-bond donors (Lipinski definition) is 3. The van der Waals surface area contributed by atoms with Crippen LogP contribution in [0.2, 0.25) is 0 Å². The molecule has 0 aliphatic rings. The normalized spacial score (nSPS) is 11.6. The van der Waals surface area contributed by atoms with Crippen molar-refractivity contribution in [3.63, 3.8) is 0 Å². The van der Waals surface area contributed by atoms with Crippen LogP contribution in [0.1, 0.15) is 5.69 Å². The molecule has 0 aliphatic carbocycles. The van der Waals surface area contributed by atoms with Gasteiger partial charge in [-0.3, -0.25) is 0 Å². The molecule has 0 unspecified atom stereocenters. The van der Waals surface area contributed by atoms with E-state index in [4.69, 9.17) is 5.84 Å². The molecule has 0 fully saturated rings. The number of aromatic amines is 1. The fourth-order valence-corrected chi connectivity index (χ4v) is 0.529. The van der Waals surface area contributed by atoms with Gasteiger partial charge in [-0.05, 0) is 0 Å². The standard InChI is InChI=1S/C3H4F3N5/c4-3(5,6)1-2(8-7)10-11-9-1/h7H2,(H2,8,9,10,11). The van der Waals surface area contributed by atoms with Crippen molar-refractivity contribution in [3.8, 4) is 0 Å². The molecule has 4 N–H and O–H groups in total. The van der Waals surface area contributed by atoms with E-state index in [0.717, 1.165) is 0 Å². The second-order valence-corrected chi connectivity index (χ2v) is 1.66. The highest BCUT2D eigenvalue weighted by Gasteiger charge is 2.37. The Balaban J connectivity index is 3.02. The molecular formula is C3H4F3N5. The summed E-state index contributed by atoms with van der Waals surface area (Å²) in [6, 6.07) is 0. The maximum Gasteiger partial charge on any atom is 0.438 e. The van der Waals surface area contributed by atoms with Gasteiger partial charge in [0.25, 0.3) is 0 Å². The topological polar surface area (TPSA) is 79.6 Å². The van der Waals surface area contributed by atoms with E-state index in [0.29, 0.717) is 0 Å². The Kier molecular flexibility index (Phi) is 1.69. The van der Waals surface area contributed by atoms with E-state index in [1.54, 1.807) is 10.6 Å². The molecule has 0 saturated carbocycles. The summed E-state index contributed by atoms with van der Waals surface area (Å²) >= 11 is 0. The molecule has 1 aromatic rings. The number of anilines is 1. The summed E-state index contributed by atoms with van der Waals surface area (Å²) in [6.07, 6.45) is -4.53.